The maximum Gasteiger partial charge on any atom is 0.278 e. The molecule has 170 valence electrons. The zero-order valence-corrected chi connectivity index (χ0v) is 19.1. The highest BCUT2D eigenvalue weighted by Gasteiger charge is 2.41. The van der Waals surface area contributed by atoms with E-state index in [1.807, 2.05) is 60.4 Å². The molecule has 1 aliphatic heterocycles. The van der Waals surface area contributed by atoms with E-state index in [0.717, 1.165) is 22.4 Å². The highest BCUT2D eigenvalue weighted by molar-refractivity contribution is 6.35. The molecule has 0 aromatic heterocycles. The Morgan fingerprint density at radius 3 is 1.94 bits per heavy atom. The molecule has 1 aliphatic rings. The van der Waals surface area contributed by atoms with Crippen LogP contribution in [0.15, 0.2) is 54.2 Å². The molecule has 0 aliphatic carbocycles. The Morgan fingerprint density at radius 1 is 0.812 bits per heavy atom. The molecule has 3 rings (SSSR count). The molecule has 32 heavy (non-hydrogen) atoms. The van der Waals surface area contributed by atoms with E-state index in [4.69, 9.17) is 14.2 Å². The highest BCUT2D eigenvalue weighted by atomic mass is 16.5. The van der Waals surface area contributed by atoms with E-state index in [-0.39, 0.29) is 18.4 Å². The summed E-state index contributed by atoms with van der Waals surface area (Å²) >= 11 is 0. The minimum Gasteiger partial charge on any atom is -0.497 e. The van der Waals surface area contributed by atoms with Crippen LogP contribution in [-0.2, 0) is 25.6 Å². The molecular weight excluding hydrogens is 408 g/mol. The van der Waals surface area contributed by atoms with Crippen molar-refractivity contribution in [2.45, 2.75) is 13.5 Å². The molecule has 0 spiro atoms. The fraction of sp³-hybridized carbons (Fsp3) is 0.360. The van der Waals surface area contributed by atoms with Gasteiger partial charge in [-0.05, 0) is 30.2 Å². The van der Waals surface area contributed by atoms with Crippen molar-refractivity contribution in [3.63, 3.8) is 0 Å². The lowest BCUT2D eigenvalue weighted by atomic mass is 10.0. The monoisotopic (exact) mass is 438 g/mol. The van der Waals surface area contributed by atoms with Crippen molar-refractivity contribution in [1.82, 2.24) is 9.80 Å². The van der Waals surface area contributed by atoms with Gasteiger partial charge in [0.2, 0.25) is 0 Å². The molecule has 2 aromatic carbocycles. The first-order chi connectivity index (χ1) is 15.5. The Kier molecular flexibility index (Phi) is 8.03. The summed E-state index contributed by atoms with van der Waals surface area (Å²) in [6.07, 6.45) is 0. The first kappa shape index (κ1) is 23.5. The maximum absolute atomic E-state index is 13.6. The van der Waals surface area contributed by atoms with Crippen LogP contribution in [0.1, 0.15) is 16.7 Å². The Labute approximate surface area is 189 Å². The van der Waals surface area contributed by atoms with Gasteiger partial charge in [0, 0.05) is 27.3 Å². The summed E-state index contributed by atoms with van der Waals surface area (Å²) in [6.45, 7) is 3.96. The molecule has 1 heterocycles. The number of benzene rings is 2. The number of amides is 2. The van der Waals surface area contributed by atoms with Gasteiger partial charge in [0.1, 0.15) is 11.4 Å². The third-order valence-corrected chi connectivity index (χ3v) is 5.43. The van der Waals surface area contributed by atoms with E-state index >= 15 is 0 Å². The van der Waals surface area contributed by atoms with E-state index < -0.39 is 0 Å². The standard InChI is InChI=1S/C25H30N2O5/c1-18-5-9-20(10-6-18)22-23(26(13-15-30-2)14-16-31-3)25(29)27(24(22)28)17-19-7-11-21(32-4)12-8-19/h5-12H,13-17H2,1-4H3. The topological polar surface area (TPSA) is 68.3 Å². The summed E-state index contributed by atoms with van der Waals surface area (Å²) in [4.78, 5) is 30.3. The zero-order chi connectivity index (χ0) is 23.1. The summed E-state index contributed by atoms with van der Waals surface area (Å²) in [5, 5.41) is 0. The van der Waals surface area contributed by atoms with Crippen LogP contribution in [0.4, 0.5) is 0 Å². The Morgan fingerprint density at radius 2 is 1.41 bits per heavy atom. The van der Waals surface area contributed by atoms with E-state index in [0.29, 0.717) is 37.6 Å². The molecule has 7 heteroatoms. The van der Waals surface area contributed by atoms with Gasteiger partial charge in [-0.15, -0.1) is 0 Å². The molecule has 0 saturated heterocycles. The van der Waals surface area contributed by atoms with Gasteiger partial charge in [-0.1, -0.05) is 42.0 Å². The van der Waals surface area contributed by atoms with Crippen LogP contribution in [-0.4, -0.2) is 69.2 Å². The molecule has 0 saturated carbocycles. The van der Waals surface area contributed by atoms with Crippen molar-refractivity contribution >= 4 is 17.4 Å². The minimum absolute atomic E-state index is 0.183. The fourth-order valence-corrected chi connectivity index (χ4v) is 3.63. The Hall–Kier alpha value is -3.16. The van der Waals surface area contributed by atoms with Crippen molar-refractivity contribution in [1.29, 1.82) is 0 Å². The number of hydrogen-bond donors (Lipinski definition) is 0. The van der Waals surface area contributed by atoms with Crippen molar-refractivity contribution in [2.24, 2.45) is 0 Å². The average molecular weight is 439 g/mol. The molecule has 0 bridgehead atoms. The molecule has 0 fully saturated rings. The van der Waals surface area contributed by atoms with E-state index in [2.05, 4.69) is 0 Å². The smallest absolute Gasteiger partial charge is 0.278 e. The summed E-state index contributed by atoms with van der Waals surface area (Å²) in [5.74, 6) is 0.107. The van der Waals surface area contributed by atoms with E-state index in [9.17, 15) is 9.59 Å². The Bertz CT molecular complexity index is 959. The molecule has 2 aromatic rings. The van der Waals surface area contributed by atoms with Crippen LogP contribution in [0.25, 0.3) is 5.57 Å². The first-order valence-electron chi connectivity index (χ1n) is 10.5. The lowest BCUT2D eigenvalue weighted by Crippen LogP contribution is -2.37. The van der Waals surface area contributed by atoms with Gasteiger partial charge in [-0.25, -0.2) is 0 Å². The predicted octanol–water partition coefficient (Wildman–Crippen LogP) is 2.88. The van der Waals surface area contributed by atoms with Crippen LogP contribution < -0.4 is 4.74 Å². The number of nitrogens with zero attached hydrogens (tertiary/aromatic N) is 2. The van der Waals surface area contributed by atoms with E-state index in [1.165, 1.54) is 4.90 Å². The number of carbonyl (C=O) groups is 2. The number of hydrogen-bond acceptors (Lipinski definition) is 6. The van der Waals surface area contributed by atoms with Crippen molar-refractivity contribution in [3.8, 4) is 5.75 Å². The van der Waals surface area contributed by atoms with Crippen LogP contribution in [0.2, 0.25) is 0 Å². The second kappa shape index (κ2) is 10.9. The largest absolute Gasteiger partial charge is 0.497 e. The number of carbonyl (C=O) groups excluding carboxylic acids is 2. The number of imide groups is 1. The molecule has 0 atom stereocenters. The second-order valence-corrected chi connectivity index (χ2v) is 7.61. The van der Waals surface area contributed by atoms with Gasteiger partial charge >= 0.3 is 0 Å². The van der Waals surface area contributed by atoms with Crippen LogP contribution in [0.3, 0.4) is 0 Å². The third-order valence-electron chi connectivity index (χ3n) is 5.43. The van der Waals surface area contributed by atoms with Gasteiger partial charge < -0.3 is 19.1 Å². The number of rotatable bonds is 11. The molecule has 7 nitrogen and oxygen atoms in total. The summed E-state index contributed by atoms with van der Waals surface area (Å²) < 4.78 is 15.7. The van der Waals surface area contributed by atoms with Crippen LogP contribution >= 0.6 is 0 Å². The maximum atomic E-state index is 13.6. The SMILES string of the molecule is COCCN(CCOC)C1=C(c2ccc(C)cc2)C(=O)N(Cc2ccc(OC)cc2)C1=O. The molecule has 2 amide bonds. The quantitative estimate of drug-likeness (QED) is 0.503. The molecule has 0 N–H and O–H groups in total. The second-order valence-electron chi connectivity index (χ2n) is 7.61. The van der Waals surface area contributed by atoms with Crippen LogP contribution in [0.5, 0.6) is 5.75 Å². The van der Waals surface area contributed by atoms with Gasteiger partial charge in [-0.3, -0.25) is 14.5 Å². The summed E-state index contributed by atoms with van der Waals surface area (Å²) in [6, 6.07) is 15.0. The zero-order valence-electron chi connectivity index (χ0n) is 19.1. The fourth-order valence-electron chi connectivity index (χ4n) is 3.63. The van der Waals surface area contributed by atoms with Gasteiger partial charge in [0.05, 0.1) is 32.4 Å². The lowest BCUT2D eigenvalue weighted by molar-refractivity contribution is -0.138. The van der Waals surface area contributed by atoms with Crippen LogP contribution in [0, 0.1) is 6.92 Å². The predicted molar refractivity (Wildman–Crippen MR) is 122 cm³/mol. The van der Waals surface area contributed by atoms with Gasteiger partial charge in [0.15, 0.2) is 0 Å². The van der Waals surface area contributed by atoms with Crippen molar-refractivity contribution in [2.75, 3.05) is 47.6 Å². The van der Waals surface area contributed by atoms with Gasteiger partial charge in [0.25, 0.3) is 11.8 Å². The first-order valence-corrected chi connectivity index (χ1v) is 10.5. The van der Waals surface area contributed by atoms with Crippen molar-refractivity contribution in [3.05, 3.63) is 70.9 Å². The summed E-state index contributed by atoms with van der Waals surface area (Å²) in [5.41, 5.74) is 3.45. The normalized spacial score (nSPS) is 13.8. The summed E-state index contributed by atoms with van der Waals surface area (Å²) in [7, 11) is 4.82. The molecular formula is C25H30N2O5. The number of aryl methyl sites for hydroxylation is 1. The van der Waals surface area contributed by atoms with E-state index in [1.54, 1.807) is 21.3 Å². The Balaban J connectivity index is 2.00. The minimum atomic E-state index is -0.311. The number of methoxy groups -OCH3 is 3. The van der Waals surface area contributed by atoms with Gasteiger partial charge in [-0.2, -0.15) is 0 Å². The third kappa shape index (κ3) is 5.18. The van der Waals surface area contributed by atoms with Crippen molar-refractivity contribution < 1.29 is 23.8 Å². The number of ether oxygens (including phenoxy) is 3. The highest BCUT2D eigenvalue weighted by Crippen LogP contribution is 2.33. The molecule has 0 radical (unpaired) electrons. The average Bonchev–Trinajstić information content (AvgIpc) is 3.05. The molecule has 0 unspecified atom stereocenters. The lowest BCUT2D eigenvalue weighted by Gasteiger charge is -2.25.